The number of anilines is 1. The molecular weight excluding hydrogens is 532 g/mol. The number of hydrogen-bond acceptors (Lipinski definition) is 9. The van der Waals surface area contributed by atoms with Crippen molar-refractivity contribution in [2.75, 3.05) is 44.7 Å². The Bertz CT molecular complexity index is 1480. The van der Waals surface area contributed by atoms with Gasteiger partial charge in [-0.1, -0.05) is 26.0 Å². The zero-order valence-electron chi connectivity index (χ0n) is 23.5. The SMILES string of the molecule is COc1ccc(CN(C2(C)CC2)S(=O)(=O)c2cn3c(C(=O)NN)ncc3c(N3CCN(CC(C)C)CC3)n2)cc1. The number of hydrazine groups is 1. The van der Waals surface area contributed by atoms with Gasteiger partial charge in [0.1, 0.15) is 11.3 Å². The van der Waals surface area contributed by atoms with Crippen LogP contribution in [0.1, 0.15) is 49.8 Å². The number of imidazole rings is 1. The molecule has 0 radical (unpaired) electrons. The molecule has 2 fully saturated rings. The molecule has 1 amide bonds. The minimum atomic E-state index is -4.07. The number of ether oxygens (including phenoxy) is 1. The Balaban J connectivity index is 1.56. The van der Waals surface area contributed by atoms with Crippen molar-refractivity contribution in [3.05, 3.63) is 48.0 Å². The number of nitrogen functional groups attached to an aromatic ring is 1. The lowest BCUT2D eigenvalue weighted by molar-refractivity contribution is 0.0942. The number of carbonyl (C=O) groups is 1. The van der Waals surface area contributed by atoms with Crippen molar-refractivity contribution in [3.8, 4) is 5.75 Å². The minimum Gasteiger partial charge on any atom is -0.497 e. The van der Waals surface area contributed by atoms with Crippen molar-refractivity contribution in [1.82, 2.24) is 29.0 Å². The summed E-state index contributed by atoms with van der Waals surface area (Å²) in [5, 5.41) is -0.134. The first-order valence-corrected chi connectivity index (χ1v) is 15.0. The third kappa shape index (κ3) is 5.51. The number of amides is 1. The number of carbonyl (C=O) groups excluding carboxylic acids is 1. The van der Waals surface area contributed by atoms with E-state index in [0.717, 1.165) is 38.0 Å². The van der Waals surface area contributed by atoms with Crippen molar-refractivity contribution in [3.63, 3.8) is 0 Å². The molecular formula is C27H38N8O4S. The molecule has 0 unspecified atom stereocenters. The van der Waals surface area contributed by atoms with E-state index in [1.54, 1.807) is 13.3 Å². The fraction of sp³-hybridized carbons (Fsp3) is 0.519. The third-order valence-corrected chi connectivity index (χ3v) is 9.60. The maximum absolute atomic E-state index is 14.3. The van der Waals surface area contributed by atoms with E-state index < -0.39 is 21.5 Å². The zero-order chi connectivity index (χ0) is 28.7. The smallest absolute Gasteiger partial charge is 0.301 e. The van der Waals surface area contributed by atoms with Gasteiger partial charge < -0.3 is 9.64 Å². The van der Waals surface area contributed by atoms with Gasteiger partial charge in [-0.25, -0.2) is 24.2 Å². The molecule has 2 aliphatic rings. The van der Waals surface area contributed by atoms with Crippen LogP contribution in [0.25, 0.3) is 5.52 Å². The lowest BCUT2D eigenvalue weighted by atomic mass is 10.2. The fourth-order valence-corrected chi connectivity index (χ4v) is 6.96. The van der Waals surface area contributed by atoms with E-state index in [1.165, 1.54) is 14.9 Å². The predicted octanol–water partition coefficient (Wildman–Crippen LogP) is 1.86. The highest BCUT2D eigenvalue weighted by Gasteiger charge is 2.50. The summed E-state index contributed by atoms with van der Waals surface area (Å²) in [5.74, 6) is 6.53. The van der Waals surface area contributed by atoms with E-state index in [9.17, 15) is 13.2 Å². The average molecular weight is 571 g/mol. The molecule has 0 bridgehead atoms. The number of nitrogens with two attached hydrogens (primary N) is 1. The van der Waals surface area contributed by atoms with E-state index in [4.69, 9.17) is 15.6 Å². The quantitative estimate of drug-likeness (QED) is 0.212. The van der Waals surface area contributed by atoms with Gasteiger partial charge in [0.25, 0.3) is 10.0 Å². The highest BCUT2D eigenvalue weighted by molar-refractivity contribution is 7.89. The van der Waals surface area contributed by atoms with Crippen molar-refractivity contribution >= 4 is 27.3 Å². The molecule has 216 valence electrons. The molecule has 40 heavy (non-hydrogen) atoms. The topological polar surface area (TPSA) is 138 Å². The summed E-state index contributed by atoms with van der Waals surface area (Å²) in [7, 11) is -2.48. The van der Waals surface area contributed by atoms with Crippen LogP contribution in [0.2, 0.25) is 0 Å². The van der Waals surface area contributed by atoms with Crippen molar-refractivity contribution in [2.24, 2.45) is 11.8 Å². The van der Waals surface area contributed by atoms with Crippen LogP contribution in [0, 0.1) is 5.92 Å². The van der Waals surface area contributed by atoms with Gasteiger partial charge in [-0.3, -0.25) is 19.5 Å². The Morgan fingerprint density at radius 2 is 1.85 bits per heavy atom. The second-order valence-corrected chi connectivity index (χ2v) is 13.1. The van der Waals surface area contributed by atoms with Crippen LogP contribution in [0.5, 0.6) is 5.75 Å². The summed E-state index contributed by atoms with van der Waals surface area (Å²) >= 11 is 0. The number of rotatable bonds is 10. The Labute approximate surface area is 235 Å². The van der Waals surface area contributed by atoms with E-state index in [-0.39, 0.29) is 17.4 Å². The second-order valence-electron chi connectivity index (χ2n) is 11.3. The highest BCUT2D eigenvalue weighted by atomic mass is 32.2. The van der Waals surface area contributed by atoms with Gasteiger partial charge in [-0.05, 0) is 43.4 Å². The van der Waals surface area contributed by atoms with Crippen LogP contribution in [0.4, 0.5) is 5.82 Å². The summed E-state index contributed by atoms with van der Waals surface area (Å²) in [6.07, 6.45) is 4.43. The summed E-state index contributed by atoms with van der Waals surface area (Å²) in [6.45, 7) is 10.5. The van der Waals surface area contributed by atoms with Crippen LogP contribution in [0.3, 0.4) is 0 Å². The molecule has 0 atom stereocenters. The van der Waals surface area contributed by atoms with Gasteiger partial charge in [0.2, 0.25) is 5.82 Å². The van der Waals surface area contributed by atoms with Crippen LogP contribution in [0.15, 0.2) is 41.7 Å². The van der Waals surface area contributed by atoms with E-state index in [0.29, 0.717) is 36.1 Å². The van der Waals surface area contributed by atoms with Crippen molar-refractivity contribution in [2.45, 2.75) is 50.7 Å². The number of methoxy groups -OCH3 is 1. The summed E-state index contributed by atoms with van der Waals surface area (Å²) < 4.78 is 36.9. The van der Waals surface area contributed by atoms with Gasteiger partial charge in [0.15, 0.2) is 10.8 Å². The number of fused-ring (bicyclic) bond motifs is 1. The Kier molecular flexibility index (Phi) is 7.75. The molecule has 3 N–H and O–H groups in total. The minimum absolute atomic E-state index is 0.00428. The van der Waals surface area contributed by atoms with Crippen LogP contribution in [-0.2, 0) is 16.6 Å². The first kappa shape index (κ1) is 28.3. The molecule has 3 heterocycles. The number of benzene rings is 1. The molecule has 3 aromatic rings. The zero-order valence-corrected chi connectivity index (χ0v) is 24.3. The first-order valence-electron chi connectivity index (χ1n) is 13.6. The number of hydrogen-bond donors (Lipinski definition) is 2. The number of piperazine rings is 1. The largest absolute Gasteiger partial charge is 0.497 e. The number of aromatic nitrogens is 3. The molecule has 2 aromatic heterocycles. The van der Waals surface area contributed by atoms with Crippen LogP contribution >= 0.6 is 0 Å². The Hall–Kier alpha value is -3.26. The lowest BCUT2D eigenvalue weighted by Crippen LogP contribution is -2.48. The molecule has 5 rings (SSSR count). The molecule has 12 nitrogen and oxygen atoms in total. The van der Waals surface area contributed by atoms with Gasteiger partial charge in [-0.15, -0.1) is 0 Å². The number of nitrogens with zero attached hydrogens (tertiary/aromatic N) is 6. The average Bonchev–Trinajstić information content (AvgIpc) is 3.54. The number of sulfonamides is 1. The monoisotopic (exact) mass is 570 g/mol. The summed E-state index contributed by atoms with van der Waals surface area (Å²) in [5.41, 5.74) is 2.97. The van der Waals surface area contributed by atoms with E-state index in [2.05, 4.69) is 34.1 Å². The normalized spacial score (nSPS) is 17.5. The van der Waals surface area contributed by atoms with Gasteiger partial charge >= 0.3 is 5.91 Å². The lowest BCUT2D eigenvalue weighted by Gasteiger charge is -2.36. The third-order valence-electron chi connectivity index (χ3n) is 7.73. The summed E-state index contributed by atoms with van der Waals surface area (Å²) in [4.78, 5) is 26.0. The molecule has 0 spiro atoms. The first-order chi connectivity index (χ1) is 19.1. The fourth-order valence-electron chi connectivity index (χ4n) is 5.21. The van der Waals surface area contributed by atoms with Crippen molar-refractivity contribution in [1.29, 1.82) is 0 Å². The van der Waals surface area contributed by atoms with E-state index >= 15 is 0 Å². The molecule has 1 aliphatic heterocycles. The maximum Gasteiger partial charge on any atom is 0.301 e. The molecule has 1 saturated carbocycles. The standard InChI is InChI=1S/C27H38N8O4S/c1-19(2)16-32-11-13-33(14-12-32)24-22-15-29-25(26(36)31-28)34(22)18-23(30-24)40(37,38)35(27(3)9-10-27)17-20-5-7-21(39-4)8-6-20/h5-8,15,18-19H,9-14,16-17,28H2,1-4H3,(H,31,36). The Morgan fingerprint density at radius 3 is 2.42 bits per heavy atom. The molecule has 1 aliphatic carbocycles. The van der Waals surface area contributed by atoms with Crippen LogP contribution < -0.4 is 20.9 Å². The van der Waals surface area contributed by atoms with Crippen molar-refractivity contribution < 1.29 is 17.9 Å². The van der Waals surface area contributed by atoms with Gasteiger partial charge in [-0.2, -0.15) is 4.31 Å². The Morgan fingerprint density at radius 1 is 1.18 bits per heavy atom. The molecule has 1 aromatic carbocycles. The molecule has 13 heteroatoms. The number of nitrogens with one attached hydrogen (secondary N) is 1. The van der Waals surface area contributed by atoms with Crippen LogP contribution in [-0.4, -0.2) is 83.3 Å². The predicted molar refractivity (Wildman–Crippen MR) is 151 cm³/mol. The maximum atomic E-state index is 14.3. The highest BCUT2D eigenvalue weighted by Crippen LogP contribution is 2.45. The second kappa shape index (κ2) is 11.0. The summed E-state index contributed by atoms with van der Waals surface area (Å²) in [6, 6.07) is 7.37. The van der Waals surface area contributed by atoms with Gasteiger partial charge in [0, 0.05) is 44.8 Å². The van der Waals surface area contributed by atoms with Gasteiger partial charge in [0.05, 0.1) is 19.5 Å². The molecule has 1 saturated heterocycles. The van der Waals surface area contributed by atoms with E-state index in [1.807, 2.05) is 31.2 Å².